The van der Waals surface area contributed by atoms with Crippen LogP contribution in [-0.2, 0) is 4.79 Å². The number of carbonyl (C=O) groups is 1. The fourth-order valence-electron chi connectivity index (χ4n) is 2.80. The summed E-state index contributed by atoms with van der Waals surface area (Å²) in [6, 6.07) is 8.11. The smallest absolute Gasteiger partial charge is 0.304 e. The Morgan fingerprint density at radius 3 is 2.83 bits per heavy atom. The molecular formula is C16H14O2. The van der Waals surface area contributed by atoms with Crippen LogP contribution in [0.4, 0.5) is 0 Å². The summed E-state index contributed by atoms with van der Waals surface area (Å²) in [6.45, 7) is 0. The minimum Gasteiger partial charge on any atom is -0.481 e. The number of fused-ring (bicyclic) bond motifs is 2. The van der Waals surface area contributed by atoms with Crippen molar-refractivity contribution in [3.05, 3.63) is 65.3 Å². The first-order chi connectivity index (χ1) is 8.77. The highest BCUT2D eigenvalue weighted by Gasteiger charge is 2.30. The molecule has 0 saturated carbocycles. The van der Waals surface area contributed by atoms with E-state index in [1.165, 1.54) is 11.1 Å². The molecule has 1 atom stereocenters. The molecule has 90 valence electrons. The fourth-order valence-corrected chi connectivity index (χ4v) is 2.80. The third-order valence-electron chi connectivity index (χ3n) is 3.55. The lowest BCUT2D eigenvalue weighted by molar-refractivity contribution is -0.137. The molecule has 1 aromatic rings. The topological polar surface area (TPSA) is 37.3 Å². The highest BCUT2D eigenvalue weighted by molar-refractivity contribution is 5.88. The highest BCUT2D eigenvalue weighted by atomic mass is 16.4. The second-order valence-corrected chi connectivity index (χ2v) is 4.65. The summed E-state index contributed by atoms with van der Waals surface area (Å²) in [4.78, 5) is 11.1. The first-order valence-electron chi connectivity index (χ1n) is 6.15. The zero-order chi connectivity index (χ0) is 12.5. The number of aliphatic carboxylic acids is 1. The standard InChI is InChI=1S/C16H14O2/c17-16(18)10-15-13-7-3-1-2-6-11(13)12-8-4-5-9-14(12)15/h2-9,15H,1,10H2,(H,17,18). The SMILES string of the molecule is O=C(O)CC1C2=C(C=CCC=C2)c2ccccc21. The third-order valence-corrected chi connectivity index (χ3v) is 3.55. The van der Waals surface area contributed by atoms with Crippen molar-refractivity contribution in [2.75, 3.05) is 0 Å². The molecule has 2 nitrogen and oxygen atoms in total. The summed E-state index contributed by atoms with van der Waals surface area (Å²) in [6.07, 6.45) is 9.50. The summed E-state index contributed by atoms with van der Waals surface area (Å²) in [5, 5.41) is 9.10. The van der Waals surface area contributed by atoms with E-state index in [0.717, 1.165) is 17.6 Å². The third kappa shape index (κ3) is 1.70. The maximum atomic E-state index is 11.1. The first-order valence-corrected chi connectivity index (χ1v) is 6.15. The summed E-state index contributed by atoms with van der Waals surface area (Å²) < 4.78 is 0. The van der Waals surface area contributed by atoms with Gasteiger partial charge in [0.15, 0.2) is 0 Å². The minimum atomic E-state index is -0.745. The Hall–Kier alpha value is -2.09. The Kier molecular flexibility index (Phi) is 2.63. The first kappa shape index (κ1) is 11.0. The van der Waals surface area contributed by atoms with Gasteiger partial charge in [-0.15, -0.1) is 0 Å². The Balaban J connectivity index is 2.16. The lowest BCUT2D eigenvalue weighted by atomic mass is 9.92. The second kappa shape index (κ2) is 4.30. The molecule has 2 aliphatic rings. The Morgan fingerprint density at radius 1 is 1.22 bits per heavy atom. The van der Waals surface area contributed by atoms with Crippen molar-refractivity contribution in [3.63, 3.8) is 0 Å². The van der Waals surface area contributed by atoms with Crippen LogP contribution in [0.2, 0.25) is 0 Å². The van der Waals surface area contributed by atoms with Gasteiger partial charge in [-0.1, -0.05) is 48.6 Å². The van der Waals surface area contributed by atoms with Crippen molar-refractivity contribution in [1.29, 1.82) is 0 Å². The summed E-state index contributed by atoms with van der Waals surface area (Å²) >= 11 is 0. The van der Waals surface area contributed by atoms with Gasteiger partial charge in [-0.05, 0) is 28.7 Å². The molecule has 0 bridgehead atoms. The molecule has 0 radical (unpaired) electrons. The van der Waals surface area contributed by atoms with Gasteiger partial charge < -0.3 is 5.11 Å². The Labute approximate surface area is 106 Å². The van der Waals surface area contributed by atoms with E-state index in [9.17, 15) is 4.79 Å². The molecule has 18 heavy (non-hydrogen) atoms. The zero-order valence-corrected chi connectivity index (χ0v) is 9.97. The van der Waals surface area contributed by atoms with Crippen LogP contribution in [0.5, 0.6) is 0 Å². The zero-order valence-electron chi connectivity index (χ0n) is 9.97. The van der Waals surface area contributed by atoms with Crippen LogP contribution in [-0.4, -0.2) is 11.1 Å². The van der Waals surface area contributed by atoms with E-state index in [0.29, 0.717) is 0 Å². The van der Waals surface area contributed by atoms with Crippen molar-refractivity contribution >= 4 is 11.5 Å². The van der Waals surface area contributed by atoms with Crippen molar-refractivity contribution in [2.24, 2.45) is 0 Å². The molecule has 0 fully saturated rings. The van der Waals surface area contributed by atoms with E-state index in [1.807, 2.05) is 18.2 Å². The van der Waals surface area contributed by atoms with E-state index in [1.54, 1.807) is 0 Å². The molecule has 0 aliphatic heterocycles. The molecule has 0 heterocycles. The van der Waals surface area contributed by atoms with Crippen LogP contribution in [0, 0.1) is 0 Å². The predicted molar refractivity (Wildman–Crippen MR) is 71.3 cm³/mol. The number of hydrogen-bond acceptors (Lipinski definition) is 1. The molecule has 2 heteroatoms. The van der Waals surface area contributed by atoms with Crippen LogP contribution in [0.15, 0.2) is 54.1 Å². The second-order valence-electron chi connectivity index (χ2n) is 4.65. The van der Waals surface area contributed by atoms with Gasteiger partial charge in [0.05, 0.1) is 6.42 Å². The molecule has 1 aromatic carbocycles. The average Bonchev–Trinajstić information content (AvgIpc) is 2.55. The summed E-state index contributed by atoms with van der Waals surface area (Å²) in [5.74, 6) is -0.752. The van der Waals surface area contributed by atoms with E-state index < -0.39 is 5.97 Å². The maximum absolute atomic E-state index is 11.1. The summed E-state index contributed by atoms with van der Waals surface area (Å²) in [7, 11) is 0. The van der Waals surface area contributed by atoms with E-state index in [2.05, 4.69) is 30.4 Å². The number of rotatable bonds is 2. The van der Waals surface area contributed by atoms with Gasteiger partial charge >= 0.3 is 5.97 Å². The number of allylic oxidation sites excluding steroid dienone is 6. The number of benzene rings is 1. The largest absolute Gasteiger partial charge is 0.481 e. The Morgan fingerprint density at radius 2 is 2.00 bits per heavy atom. The predicted octanol–water partition coefficient (Wildman–Crippen LogP) is 3.53. The maximum Gasteiger partial charge on any atom is 0.304 e. The van der Waals surface area contributed by atoms with Gasteiger partial charge in [0.25, 0.3) is 0 Å². The molecule has 1 unspecified atom stereocenters. The van der Waals surface area contributed by atoms with Gasteiger partial charge in [-0.25, -0.2) is 0 Å². The van der Waals surface area contributed by atoms with Gasteiger partial charge in [-0.3, -0.25) is 4.79 Å². The Bertz CT molecular complexity index is 591. The van der Waals surface area contributed by atoms with Gasteiger partial charge in [0.2, 0.25) is 0 Å². The van der Waals surface area contributed by atoms with Crippen molar-refractivity contribution in [2.45, 2.75) is 18.8 Å². The quantitative estimate of drug-likeness (QED) is 0.855. The van der Waals surface area contributed by atoms with E-state index >= 15 is 0 Å². The number of carboxylic acid groups (broad SMARTS) is 1. The van der Waals surface area contributed by atoms with Crippen molar-refractivity contribution < 1.29 is 9.90 Å². The van der Waals surface area contributed by atoms with Crippen LogP contribution < -0.4 is 0 Å². The lowest BCUT2D eigenvalue weighted by Crippen LogP contribution is -2.05. The van der Waals surface area contributed by atoms with E-state index in [4.69, 9.17) is 5.11 Å². The van der Waals surface area contributed by atoms with Crippen LogP contribution in [0.25, 0.3) is 5.57 Å². The fraction of sp³-hybridized carbons (Fsp3) is 0.188. The van der Waals surface area contributed by atoms with Gasteiger partial charge in [-0.2, -0.15) is 0 Å². The molecule has 0 amide bonds. The molecule has 0 aromatic heterocycles. The van der Waals surface area contributed by atoms with Gasteiger partial charge in [0.1, 0.15) is 0 Å². The normalized spacial score (nSPS) is 20.6. The number of hydrogen-bond donors (Lipinski definition) is 1. The highest BCUT2D eigenvalue weighted by Crippen LogP contribution is 2.45. The van der Waals surface area contributed by atoms with Gasteiger partial charge in [0, 0.05) is 5.92 Å². The minimum absolute atomic E-state index is 0.00676. The molecule has 0 spiro atoms. The molecule has 0 saturated heterocycles. The average molecular weight is 238 g/mol. The van der Waals surface area contributed by atoms with Crippen molar-refractivity contribution in [3.8, 4) is 0 Å². The molecule has 2 aliphatic carbocycles. The number of carboxylic acids is 1. The van der Waals surface area contributed by atoms with Crippen LogP contribution >= 0.6 is 0 Å². The molecule has 1 N–H and O–H groups in total. The molecule has 3 rings (SSSR count). The molecular weight excluding hydrogens is 224 g/mol. The van der Waals surface area contributed by atoms with E-state index in [-0.39, 0.29) is 12.3 Å². The van der Waals surface area contributed by atoms with Crippen LogP contribution in [0.1, 0.15) is 29.9 Å². The summed E-state index contributed by atoms with van der Waals surface area (Å²) in [5.41, 5.74) is 4.65. The monoisotopic (exact) mass is 238 g/mol. The van der Waals surface area contributed by atoms with Crippen LogP contribution in [0.3, 0.4) is 0 Å². The lowest BCUT2D eigenvalue weighted by Gasteiger charge is -2.11. The van der Waals surface area contributed by atoms with Crippen molar-refractivity contribution in [1.82, 2.24) is 0 Å².